The van der Waals surface area contributed by atoms with Crippen molar-refractivity contribution >= 4 is 12.3 Å². The first-order chi connectivity index (χ1) is 7.67. The molecule has 0 N–H and O–H groups in total. The quantitative estimate of drug-likeness (QED) is 0.434. The van der Waals surface area contributed by atoms with Crippen LogP contribution in [-0.4, -0.2) is 12.3 Å². The van der Waals surface area contributed by atoms with Crippen LogP contribution in [0.15, 0.2) is 18.2 Å². The number of aldehydes is 1. The molecule has 0 bridgehead atoms. The lowest BCUT2D eigenvalue weighted by Gasteiger charge is -2.06. The highest BCUT2D eigenvalue weighted by Crippen LogP contribution is 2.19. The van der Waals surface area contributed by atoms with Gasteiger partial charge in [0.1, 0.15) is 12.0 Å². The van der Waals surface area contributed by atoms with Crippen molar-refractivity contribution in [2.24, 2.45) is 0 Å². The Bertz CT molecular complexity index is 383. The predicted molar refractivity (Wildman–Crippen MR) is 61.4 cm³/mol. The van der Waals surface area contributed by atoms with Crippen LogP contribution in [-0.2, 0) is 4.79 Å². The van der Waals surface area contributed by atoms with E-state index in [9.17, 15) is 9.59 Å². The molecular formula is C13H15O3. The summed E-state index contributed by atoms with van der Waals surface area (Å²) < 4.78 is 5.14. The highest BCUT2D eigenvalue weighted by molar-refractivity contribution is 5.82. The Labute approximate surface area is 95.4 Å². The van der Waals surface area contributed by atoms with E-state index in [0.29, 0.717) is 17.7 Å². The normalized spacial score (nSPS) is 9.88. The largest absolute Gasteiger partial charge is 0.426 e. The molecule has 1 radical (unpaired) electrons. The first-order valence-electron chi connectivity index (χ1n) is 5.28. The molecule has 0 aliphatic heterocycles. The number of esters is 1. The fourth-order valence-electron chi connectivity index (χ4n) is 1.27. The van der Waals surface area contributed by atoms with E-state index in [4.69, 9.17) is 4.74 Å². The second kappa shape index (κ2) is 6.05. The first-order valence-corrected chi connectivity index (χ1v) is 5.28. The second-order valence-electron chi connectivity index (χ2n) is 3.56. The summed E-state index contributed by atoms with van der Waals surface area (Å²) in [5.41, 5.74) is 1.36. The van der Waals surface area contributed by atoms with E-state index in [2.05, 4.69) is 0 Å². The Morgan fingerprint density at radius 3 is 2.75 bits per heavy atom. The van der Waals surface area contributed by atoms with Crippen LogP contribution in [0, 0.1) is 13.3 Å². The lowest BCUT2D eigenvalue weighted by molar-refractivity contribution is -0.130. The van der Waals surface area contributed by atoms with Crippen LogP contribution in [0.1, 0.15) is 35.7 Å². The van der Waals surface area contributed by atoms with Gasteiger partial charge in [-0.25, -0.2) is 0 Å². The predicted octanol–water partition coefficient (Wildman–Crippen LogP) is 2.72. The van der Waals surface area contributed by atoms with E-state index >= 15 is 0 Å². The van der Waals surface area contributed by atoms with Crippen molar-refractivity contribution in [3.63, 3.8) is 0 Å². The zero-order valence-corrected chi connectivity index (χ0v) is 9.53. The van der Waals surface area contributed by atoms with Gasteiger partial charge in [-0.05, 0) is 37.1 Å². The molecule has 1 aromatic carbocycles. The van der Waals surface area contributed by atoms with Crippen molar-refractivity contribution in [3.8, 4) is 5.75 Å². The van der Waals surface area contributed by atoms with Gasteiger partial charge in [0.2, 0.25) is 0 Å². The average molecular weight is 219 g/mol. The lowest BCUT2D eigenvalue weighted by Crippen LogP contribution is -2.09. The van der Waals surface area contributed by atoms with E-state index in [0.717, 1.165) is 18.3 Å². The monoisotopic (exact) mass is 219 g/mol. The molecular weight excluding hydrogens is 204 g/mol. The number of aryl methyl sites for hydroxylation is 1. The van der Waals surface area contributed by atoms with E-state index in [1.165, 1.54) is 6.42 Å². The molecule has 0 aromatic heterocycles. The number of benzene rings is 1. The molecule has 1 aromatic rings. The Morgan fingerprint density at radius 2 is 2.19 bits per heavy atom. The van der Waals surface area contributed by atoms with E-state index < -0.39 is 0 Å². The SMILES string of the molecule is CCC[CH]C(=O)Oc1ccc(C=O)cc1C. The molecule has 3 heteroatoms. The van der Waals surface area contributed by atoms with Crippen molar-refractivity contribution in [1.82, 2.24) is 0 Å². The Balaban J connectivity index is 2.67. The van der Waals surface area contributed by atoms with Gasteiger partial charge < -0.3 is 4.74 Å². The van der Waals surface area contributed by atoms with Gasteiger partial charge in [0.05, 0.1) is 6.42 Å². The van der Waals surface area contributed by atoms with Crippen molar-refractivity contribution in [2.75, 3.05) is 0 Å². The standard InChI is InChI=1S/C13H15O3/c1-3-4-5-13(15)16-12-7-6-11(9-14)8-10(12)2/h5-9H,3-4H2,1-2H3. The van der Waals surface area contributed by atoms with Gasteiger partial charge >= 0.3 is 5.97 Å². The number of ether oxygens (including phenoxy) is 1. The number of unbranched alkanes of at least 4 members (excludes halogenated alkanes) is 1. The summed E-state index contributed by atoms with van der Waals surface area (Å²) in [7, 11) is 0. The molecule has 3 nitrogen and oxygen atoms in total. The van der Waals surface area contributed by atoms with Crippen LogP contribution in [0.3, 0.4) is 0 Å². The molecule has 0 unspecified atom stereocenters. The van der Waals surface area contributed by atoms with Crippen LogP contribution in [0.5, 0.6) is 5.75 Å². The average Bonchev–Trinajstić information content (AvgIpc) is 2.29. The van der Waals surface area contributed by atoms with Crippen molar-refractivity contribution in [1.29, 1.82) is 0 Å². The Hall–Kier alpha value is -1.64. The maximum Gasteiger partial charge on any atom is 0.315 e. The molecule has 0 aliphatic carbocycles. The minimum Gasteiger partial charge on any atom is -0.426 e. The van der Waals surface area contributed by atoms with E-state index in [-0.39, 0.29) is 5.97 Å². The fourth-order valence-corrected chi connectivity index (χ4v) is 1.27. The van der Waals surface area contributed by atoms with Crippen LogP contribution in [0.2, 0.25) is 0 Å². The van der Waals surface area contributed by atoms with Gasteiger partial charge in [-0.15, -0.1) is 0 Å². The van der Waals surface area contributed by atoms with Gasteiger partial charge in [0.15, 0.2) is 0 Å². The minimum atomic E-state index is -0.344. The summed E-state index contributed by atoms with van der Waals surface area (Å²) in [6, 6.07) is 4.95. The number of carbonyl (C=O) groups is 2. The van der Waals surface area contributed by atoms with Crippen LogP contribution >= 0.6 is 0 Å². The molecule has 0 saturated heterocycles. The second-order valence-corrected chi connectivity index (χ2v) is 3.56. The maximum atomic E-state index is 11.3. The highest BCUT2D eigenvalue weighted by atomic mass is 16.5. The first kappa shape index (κ1) is 12.4. The lowest BCUT2D eigenvalue weighted by atomic mass is 10.1. The third-order valence-electron chi connectivity index (χ3n) is 2.15. The number of carbonyl (C=O) groups excluding carboxylic acids is 2. The van der Waals surface area contributed by atoms with Crippen molar-refractivity contribution < 1.29 is 14.3 Å². The number of hydrogen-bond acceptors (Lipinski definition) is 3. The molecule has 0 aliphatic rings. The summed E-state index contributed by atoms with van der Waals surface area (Å²) in [5, 5.41) is 0. The molecule has 0 heterocycles. The molecule has 16 heavy (non-hydrogen) atoms. The van der Waals surface area contributed by atoms with Gasteiger partial charge in [0, 0.05) is 5.56 Å². The zero-order valence-electron chi connectivity index (χ0n) is 9.53. The van der Waals surface area contributed by atoms with Crippen LogP contribution < -0.4 is 4.74 Å². The Morgan fingerprint density at radius 1 is 1.44 bits per heavy atom. The smallest absolute Gasteiger partial charge is 0.315 e. The maximum absolute atomic E-state index is 11.3. The topological polar surface area (TPSA) is 43.4 Å². The van der Waals surface area contributed by atoms with E-state index in [1.54, 1.807) is 25.1 Å². The molecule has 85 valence electrons. The Kier molecular flexibility index (Phi) is 4.70. The summed E-state index contributed by atoms with van der Waals surface area (Å²) in [5.74, 6) is 0.159. The van der Waals surface area contributed by atoms with Gasteiger partial charge in [0.25, 0.3) is 0 Å². The number of rotatable bonds is 5. The van der Waals surface area contributed by atoms with Crippen molar-refractivity contribution in [3.05, 3.63) is 35.7 Å². The van der Waals surface area contributed by atoms with Crippen LogP contribution in [0.4, 0.5) is 0 Å². The summed E-state index contributed by atoms with van der Waals surface area (Å²) >= 11 is 0. The zero-order chi connectivity index (χ0) is 12.0. The van der Waals surface area contributed by atoms with Gasteiger partial charge in [-0.2, -0.15) is 0 Å². The fraction of sp³-hybridized carbons (Fsp3) is 0.308. The van der Waals surface area contributed by atoms with Crippen LogP contribution in [0.25, 0.3) is 0 Å². The molecule has 0 amide bonds. The molecule has 0 atom stereocenters. The number of hydrogen-bond donors (Lipinski definition) is 0. The van der Waals surface area contributed by atoms with Crippen molar-refractivity contribution in [2.45, 2.75) is 26.7 Å². The molecule has 0 saturated carbocycles. The molecule has 0 fully saturated rings. The third-order valence-corrected chi connectivity index (χ3v) is 2.15. The van der Waals surface area contributed by atoms with Gasteiger partial charge in [-0.3, -0.25) is 9.59 Å². The summed E-state index contributed by atoms with van der Waals surface area (Å²) in [6.45, 7) is 3.79. The minimum absolute atomic E-state index is 0.344. The third kappa shape index (κ3) is 3.50. The highest BCUT2D eigenvalue weighted by Gasteiger charge is 2.07. The summed E-state index contributed by atoms with van der Waals surface area (Å²) in [6.07, 6.45) is 3.91. The summed E-state index contributed by atoms with van der Waals surface area (Å²) in [4.78, 5) is 21.9. The molecule has 0 spiro atoms. The van der Waals surface area contributed by atoms with E-state index in [1.807, 2.05) is 6.92 Å². The van der Waals surface area contributed by atoms with Gasteiger partial charge in [-0.1, -0.05) is 13.3 Å². The molecule has 1 rings (SSSR count).